The molecule has 5 N–H and O–H groups in total. The van der Waals surface area contributed by atoms with Crippen LogP contribution >= 0.6 is 12.4 Å². The zero-order valence-electron chi connectivity index (χ0n) is 10.2. The van der Waals surface area contributed by atoms with Gasteiger partial charge in [-0.15, -0.1) is 12.4 Å². The van der Waals surface area contributed by atoms with E-state index in [0.717, 1.165) is 19.5 Å². The van der Waals surface area contributed by atoms with E-state index in [-0.39, 0.29) is 18.4 Å². The number of halogens is 1. The number of guanidine groups is 2. The Bertz CT molecular complexity index is 205. The van der Waals surface area contributed by atoms with Gasteiger partial charge in [0.15, 0.2) is 11.9 Å². The maximum Gasteiger partial charge on any atom is 0.198 e. The minimum absolute atomic E-state index is 0. The first-order chi connectivity index (χ1) is 7.20. The van der Waals surface area contributed by atoms with Crippen molar-refractivity contribution >= 4 is 24.3 Å². The van der Waals surface area contributed by atoms with Gasteiger partial charge in [-0.05, 0) is 13.3 Å². The SMILES string of the molecule is CCCCCC/N=C(/NCC)NC(=N)N.Cl. The monoisotopic (exact) mass is 249 g/mol. The van der Waals surface area contributed by atoms with Gasteiger partial charge in [0.25, 0.3) is 0 Å². The standard InChI is InChI=1S/C10H23N5.ClH/c1-3-5-6-7-8-14-10(13-4-2)15-9(11)12;/h3-8H2,1-2H3,(H5,11,12,13,14,15);1H. The van der Waals surface area contributed by atoms with Crippen molar-refractivity contribution in [3.63, 3.8) is 0 Å². The van der Waals surface area contributed by atoms with Gasteiger partial charge in [-0.1, -0.05) is 26.2 Å². The molecule has 0 aromatic rings. The molecule has 0 aromatic heterocycles. The van der Waals surface area contributed by atoms with Gasteiger partial charge >= 0.3 is 0 Å². The van der Waals surface area contributed by atoms with Crippen molar-refractivity contribution in [1.29, 1.82) is 5.41 Å². The topological polar surface area (TPSA) is 86.3 Å². The van der Waals surface area contributed by atoms with Gasteiger partial charge in [0.2, 0.25) is 0 Å². The lowest BCUT2D eigenvalue weighted by molar-refractivity contribution is 0.672. The second-order valence-electron chi connectivity index (χ2n) is 3.36. The number of nitrogens with zero attached hydrogens (tertiary/aromatic N) is 1. The van der Waals surface area contributed by atoms with Gasteiger partial charge in [-0.25, -0.2) is 0 Å². The fourth-order valence-corrected chi connectivity index (χ4v) is 1.16. The number of nitrogens with two attached hydrogens (primary N) is 1. The van der Waals surface area contributed by atoms with Crippen LogP contribution in [-0.2, 0) is 0 Å². The molecule has 0 fully saturated rings. The Kier molecular flexibility index (Phi) is 13.2. The fraction of sp³-hybridized carbons (Fsp3) is 0.800. The van der Waals surface area contributed by atoms with Crippen molar-refractivity contribution in [2.75, 3.05) is 13.1 Å². The summed E-state index contributed by atoms with van der Waals surface area (Å²) in [5, 5.41) is 12.8. The van der Waals surface area contributed by atoms with Crippen molar-refractivity contribution in [3.05, 3.63) is 0 Å². The van der Waals surface area contributed by atoms with E-state index in [1.807, 2.05) is 6.92 Å². The lowest BCUT2D eigenvalue weighted by Crippen LogP contribution is -2.44. The fourth-order valence-electron chi connectivity index (χ4n) is 1.16. The molecule has 0 spiro atoms. The van der Waals surface area contributed by atoms with Crippen LogP contribution in [0.3, 0.4) is 0 Å². The molecule has 0 heterocycles. The number of rotatable bonds is 6. The quantitative estimate of drug-likeness (QED) is 0.326. The molecule has 0 aliphatic heterocycles. The number of nitrogens with one attached hydrogen (secondary N) is 3. The third-order valence-electron chi connectivity index (χ3n) is 1.88. The molecule has 0 bridgehead atoms. The van der Waals surface area contributed by atoms with Gasteiger partial charge in [0.1, 0.15) is 0 Å². The van der Waals surface area contributed by atoms with Crippen molar-refractivity contribution in [1.82, 2.24) is 10.6 Å². The number of aliphatic imine (C=N–C) groups is 1. The van der Waals surface area contributed by atoms with E-state index in [4.69, 9.17) is 11.1 Å². The lowest BCUT2D eigenvalue weighted by atomic mass is 10.2. The van der Waals surface area contributed by atoms with Crippen LogP contribution in [0.5, 0.6) is 0 Å². The molecule has 0 saturated carbocycles. The van der Waals surface area contributed by atoms with Crippen LogP contribution in [0.2, 0.25) is 0 Å². The third-order valence-corrected chi connectivity index (χ3v) is 1.88. The molecule has 0 aliphatic rings. The van der Waals surface area contributed by atoms with Crippen LogP contribution in [0.15, 0.2) is 4.99 Å². The normalized spacial score (nSPS) is 10.5. The third kappa shape index (κ3) is 11.1. The van der Waals surface area contributed by atoms with Gasteiger partial charge in [0, 0.05) is 13.1 Å². The molecular weight excluding hydrogens is 226 g/mol. The van der Waals surface area contributed by atoms with Crippen LogP contribution in [-0.4, -0.2) is 25.0 Å². The van der Waals surface area contributed by atoms with Crippen LogP contribution in [0.4, 0.5) is 0 Å². The second kappa shape index (κ2) is 12.1. The van der Waals surface area contributed by atoms with Crippen molar-refractivity contribution in [3.8, 4) is 0 Å². The predicted octanol–water partition coefficient (Wildman–Crippen LogP) is 1.44. The Balaban J connectivity index is 0. The summed E-state index contributed by atoms with van der Waals surface area (Å²) in [5.41, 5.74) is 5.23. The van der Waals surface area contributed by atoms with E-state index in [2.05, 4.69) is 22.5 Å². The highest BCUT2D eigenvalue weighted by molar-refractivity contribution is 5.96. The molecule has 0 saturated heterocycles. The largest absolute Gasteiger partial charge is 0.370 e. The molecule has 0 radical (unpaired) electrons. The molecule has 16 heavy (non-hydrogen) atoms. The first-order valence-corrected chi connectivity index (χ1v) is 5.60. The Morgan fingerprint density at radius 1 is 1.25 bits per heavy atom. The molecule has 5 nitrogen and oxygen atoms in total. The average molecular weight is 250 g/mol. The summed E-state index contributed by atoms with van der Waals surface area (Å²) in [6.45, 7) is 5.72. The number of unbranched alkanes of at least 4 members (excludes halogenated alkanes) is 3. The number of hydrogen-bond acceptors (Lipinski definition) is 2. The van der Waals surface area contributed by atoms with Crippen LogP contribution in [0.1, 0.15) is 39.5 Å². The van der Waals surface area contributed by atoms with E-state index < -0.39 is 0 Å². The molecule has 0 atom stereocenters. The van der Waals surface area contributed by atoms with Gasteiger partial charge < -0.3 is 11.1 Å². The minimum Gasteiger partial charge on any atom is -0.370 e. The van der Waals surface area contributed by atoms with E-state index >= 15 is 0 Å². The minimum atomic E-state index is -0.0803. The smallest absolute Gasteiger partial charge is 0.198 e. The first-order valence-electron chi connectivity index (χ1n) is 5.60. The van der Waals surface area contributed by atoms with Crippen LogP contribution < -0.4 is 16.4 Å². The molecule has 0 rings (SSSR count). The highest BCUT2D eigenvalue weighted by Crippen LogP contribution is 1.98. The summed E-state index contributed by atoms with van der Waals surface area (Å²) in [6.07, 6.45) is 4.78. The summed E-state index contributed by atoms with van der Waals surface area (Å²) >= 11 is 0. The average Bonchev–Trinajstić information content (AvgIpc) is 2.17. The molecule has 0 aliphatic carbocycles. The zero-order valence-corrected chi connectivity index (χ0v) is 11.0. The van der Waals surface area contributed by atoms with Crippen molar-refractivity contribution in [2.24, 2.45) is 10.7 Å². The maximum atomic E-state index is 7.10. The first kappa shape index (κ1) is 17.4. The van der Waals surface area contributed by atoms with Gasteiger partial charge in [0.05, 0.1) is 0 Å². The van der Waals surface area contributed by atoms with Crippen LogP contribution in [0.25, 0.3) is 0 Å². The highest BCUT2D eigenvalue weighted by atomic mass is 35.5. The summed E-state index contributed by atoms with van der Waals surface area (Å²) in [7, 11) is 0. The van der Waals surface area contributed by atoms with E-state index in [1.54, 1.807) is 0 Å². The van der Waals surface area contributed by atoms with E-state index in [1.165, 1.54) is 19.3 Å². The summed E-state index contributed by atoms with van der Waals surface area (Å²) in [6, 6.07) is 0. The Labute approximate surface area is 104 Å². The molecule has 0 unspecified atom stereocenters. The Morgan fingerprint density at radius 2 is 1.94 bits per heavy atom. The summed E-state index contributed by atoms with van der Waals surface area (Å²) in [5.74, 6) is 0.518. The predicted molar refractivity (Wildman–Crippen MR) is 72.4 cm³/mol. The molecule has 6 heteroatoms. The summed E-state index contributed by atoms with van der Waals surface area (Å²) in [4.78, 5) is 4.30. The van der Waals surface area contributed by atoms with E-state index in [0.29, 0.717) is 5.96 Å². The lowest BCUT2D eigenvalue weighted by Gasteiger charge is -2.08. The Hall–Kier alpha value is -0.970. The molecule has 0 aromatic carbocycles. The summed E-state index contributed by atoms with van der Waals surface area (Å²) < 4.78 is 0. The van der Waals surface area contributed by atoms with E-state index in [9.17, 15) is 0 Å². The van der Waals surface area contributed by atoms with Gasteiger partial charge in [-0.2, -0.15) is 0 Å². The second-order valence-corrected chi connectivity index (χ2v) is 3.36. The van der Waals surface area contributed by atoms with Crippen molar-refractivity contribution < 1.29 is 0 Å². The molecule has 0 amide bonds. The highest BCUT2D eigenvalue weighted by Gasteiger charge is 1.96. The molecule has 96 valence electrons. The van der Waals surface area contributed by atoms with Gasteiger partial charge in [-0.3, -0.25) is 15.7 Å². The number of hydrogen-bond donors (Lipinski definition) is 4. The van der Waals surface area contributed by atoms with Crippen LogP contribution in [0, 0.1) is 5.41 Å². The Morgan fingerprint density at radius 3 is 2.44 bits per heavy atom. The zero-order chi connectivity index (χ0) is 11.5. The molecular formula is C10H24ClN5. The maximum absolute atomic E-state index is 7.10. The van der Waals surface area contributed by atoms with Crippen molar-refractivity contribution in [2.45, 2.75) is 39.5 Å².